The number of rotatable bonds is 3. The molecule has 2 aromatic rings. The van der Waals surface area contributed by atoms with E-state index >= 15 is 0 Å². The van der Waals surface area contributed by atoms with Crippen molar-refractivity contribution in [1.29, 1.82) is 0 Å². The Morgan fingerprint density at radius 3 is 2.82 bits per heavy atom. The van der Waals surface area contributed by atoms with Crippen LogP contribution in [0.15, 0.2) is 18.2 Å². The van der Waals surface area contributed by atoms with Crippen LogP contribution in [0, 0.1) is 22.9 Å². The molecule has 7 nitrogen and oxygen atoms in total. The number of tetrazole rings is 1. The zero-order valence-corrected chi connectivity index (χ0v) is 8.87. The predicted octanol–water partition coefficient (Wildman–Crippen LogP) is 1.08. The van der Waals surface area contributed by atoms with Crippen molar-refractivity contribution in [3.8, 4) is 0 Å². The number of aryl methyl sites for hydroxylation is 1. The summed E-state index contributed by atoms with van der Waals surface area (Å²) in [6.07, 6.45) is 0. The van der Waals surface area contributed by atoms with Gasteiger partial charge in [-0.15, -0.1) is 5.10 Å². The quantitative estimate of drug-likeness (QED) is 0.588. The summed E-state index contributed by atoms with van der Waals surface area (Å²) in [6, 6.07) is 3.71. The zero-order chi connectivity index (χ0) is 12.4. The van der Waals surface area contributed by atoms with E-state index in [0.29, 0.717) is 11.4 Å². The number of nitro groups is 1. The molecule has 0 saturated carbocycles. The Bertz CT molecular complexity index is 568. The Morgan fingerprint density at radius 2 is 2.29 bits per heavy atom. The molecule has 2 rings (SSSR count). The molecular weight excluding hydrogens is 229 g/mol. The highest BCUT2D eigenvalue weighted by Gasteiger charge is 2.14. The summed E-state index contributed by atoms with van der Waals surface area (Å²) in [5, 5.41) is 21.3. The molecule has 0 saturated heterocycles. The van der Waals surface area contributed by atoms with Crippen molar-refractivity contribution in [2.75, 3.05) is 0 Å². The van der Waals surface area contributed by atoms with Crippen LogP contribution in [0.5, 0.6) is 0 Å². The Morgan fingerprint density at radius 1 is 1.53 bits per heavy atom. The molecule has 0 bridgehead atoms. The van der Waals surface area contributed by atoms with Crippen LogP contribution in [0.3, 0.4) is 0 Å². The Labute approximate surface area is 95.0 Å². The molecular formula is C9H8FN5O2. The van der Waals surface area contributed by atoms with Gasteiger partial charge in [0.2, 0.25) is 5.82 Å². The molecule has 8 heteroatoms. The normalized spacial score (nSPS) is 10.5. The highest BCUT2D eigenvalue weighted by atomic mass is 19.1. The molecule has 88 valence electrons. The Hall–Kier alpha value is -2.38. The topological polar surface area (TPSA) is 86.7 Å². The van der Waals surface area contributed by atoms with E-state index in [9.17, 15) is 14.5 Å². The van der Waals surface area contributed by atoms with Crippen LogP contribution in [-0.2, 0) is 6.54 Å². The second-order valence-electron chi connectivity index (χ2n) is 3.43. The van der Waals surface area contributed by atoms with E-state index in [0.717, 1.165) is 12.1 Å². The molecule has 0 atom stereocenters. The van der Waals surface area contributed by atoms with Gasteiger partial charge in [-0.25, -0.2) is 4.68 Å². The highest BCUT2D eigenvalue weighted by Crippen LogP contribution is 2.18. The van der Waals surface area contributed by atoms with Gasteiger partial charge in [-0.2, -0.15) is 4.39 Å². The first-order valence-electron chi connectivity index (χ1n) is 4.73. The van der Waals surface area contributed by atoms with Crippen molar-refractivity contribution in [3.05, 3.63) is 45.5 Å². The smallest absolute Gasteiger partial charge is 0.258 e. The van der Waals surface area contributed by atoms with Crippen LogP contribution in [0.25, 0.3) is 0 Å². The number of halogens is 1. The molecule has 0 fully saturated rings. The summed E-state index contributed by atoms with van der Waals surface area (Å²) in [7, 11) is 0. The molecule has 17 heavy (non-hydrogen) atoms. The summed E-state index contributed by atoms with van der Waals surface area (Å²) < 4.78 is 14.8. The first kappa shape index (κ1) is 11.1. The molecule has 0 aliphatic rings. The van der Waals surface area contributed by atoms with Gasteiger partial charge in [-0.3, -0.25) is 10.1 Å². The monoisotopic (exact) mass is 237 g/mol. The van der Waals surface area contributed by atoms with Gasteiger partial charge in [-0.1, -0.05) is 6.07 Å². The van der Waals surface area contributed by atoms with Crippen LogP contribution < -0.4 is 0 Å². The first-order chi connectivity index (χ1) is 8.08. The third-order valence-corrected chi connectivity index (χ3v) is 2.25. The van der Waals surface area contributed by atoms with Gasteiger partial charge in [0.1, 0.15) is 5.82 Å². The van der Waals surface area contributed by atoms with Crippen molar-refractivity contribution >= 4 is 5.69 Å². The number of benzene rings is 1. The fourth-order valence-corrected chi connectivity index (χ4v) is 1.37. The lowest BCUT2D eigenvalue weighted by Gasteiger charge is -2.02. The first-order valence-corrected chi connectivity index (χ1v) is 4.73. The summed E-state index contributed by atoms with van der Waals surface area (Å²) in [5.41, 5.74) is 0.0192. The number of nitrogens with zero attached hydrogens (tertiary/aromatic N) is 5. The van der Waals surface area contributed by atoms with Crippen molar-refractivity contribution in [1.82, 2.24) is 20.2 Å². The van der Waals surface area contributed by atoms with Crippen molar-refractivity contribution in [2.45, 2.75) is 13.5 Å². The second kappa shape index (κ2) is 4.24. The fourth-order valence-electron chi connectivity index (χ4n) is 1.37. The maximum atomic E-state index is 13.3. The fraction of sp³-hybridized carbons (Fsp3) is 0.222. The average Bonchev–Trinajstić information content (AvgIpc) is 2.64. The summed E-state index contributed by atoms with van der Waals surface area (Å²) in [4.78, 5) is 9.67. The van der Waals surface area contributed by atoms with Crippen molar-refractivity contribution in [2.24, 2.45) is 0 Å². The zero-order valence-electron chi connectivity index (χ0n) is 8.87. The van der Waals surface area contributed by atoms with Crippen LogP contribution in [0.1, 0.15) is 11.4 Å². The summed E-state index contributed by atoms with van der Waals surface area (Å²) in [5.74, 6) is -0.276. The van der Waals surface area contributed by atoms with Crippen LogP contribution in [0.2, 0.25) is 0 Å². The van der Waals surface area contributed by atoms with Crippen molar-refractivity contribution in [3.63, 3.8) is 0 Å². The number of nitro benzene ring substituents is 1. The van der Waals surface area contributed by atoms with Crippen molar-refractivity contribution < 1.29 is 9.31 Å². The molecule has 0 spiro atoms. The van der Waals surface area contributed by atoms with Gasteiger partial charge in [-0.05, 0) is 29.0 Å². The Balaban J connectivity index is 2.27. The van der Waals surface area contributed by atoms with E-state index in [2.05, 4.69) is 15.5 Å². The maximum Gasteiger partial charge on any atom is 0.304 e. The lowest BCUT2D eigenvalue weighted by molar-refractivity contribution is -0.387. The van der Waals surface area contributed by atoms with Gasteiger partial charge in [0.25, 0.3) is 0 Å². The molecule has 1 heterocycles. The van der Waals surface area contributed by atoms with Gasteiger partial charge >= 0.3 is 5.69 Å². The van der Waals surface area contributed by atoms with E-state index in [-0.39, 0.29) is 6.54 Å². The van der Waals surface area contributed by atoms with Gasteiger partial charge in [0, 0.05) is 6.07 Å². The lowest BCUT2D eigenvalue weighted by atomic mass is 10.2. The van der Waals surface area contributed by atoms with Crippen LogP contribution >= 0.6 is 0 Å². The molecule has 1 aromatic carbocycles. The molecule has 0 radical (unpaired) electrons. The minimum absolute atomic E-state index is 0.272. The molecule has 0 amide bonds. The van der Waals surface area contributed by atoms with Crippen LogP contribution in [-0.4, -0.2) is 25.1 Å². The number of hydrogen-bond acceptors (Lipinski definition) is 5. The van der Waals surface area contributed by atoms with Gasteiger partial charge in [0.15, 0.2) is 0 Å². The minimum atomic E-state index is -0.863. The molecule has 0 aliphatic carbocycles. The summed E-state index contributed by atoms with van der Waals surface area (Å²) in [6.45, 7) is 1.98. The average molecular weight is 237 g/mol. The predicted molar refractivity (Wildman–Crippen MR) is 54.7 cm³/mol. The summed E-state index contributed by atoms with van der Waals surface area (Å²) >= 11 is 0. The third kappa shape index (κ3) is 2.25. The minimum Gasteiger partial charge on any atom is -0.258 e. The number of aromatic nitrogens is 4. The van der Waals surface area contributed by atoms with E-state index in [4.69, 9.17) is 0 Å². The van der Waals surface area contributed by atoms with E-state index < -0.39 is 16.4 Å². The third-order valence-electron chi connectivity index (χ3n) is 2.25. The lowest BCUT2D eigenvalue weighted by Crippen LogP contribution is -2.05. The standard InChI is InChI=1S/C9H8FN5O2/c1-6-11-12-13-14(6)5-7-2-3-9(15(16)17)8(10)4-7/h2-4H,5H2,1H3. The molecule has 0 unspecified atom stereocenters. The maximum absolute atomic E-state index is 13.3. The Kier molecular flexibility index (Phi) is 2.77. The SMILES string of the molecule is Cc1nnnn1Cc1ccc([N+](=O)[O-])c(F)c1. The van der Waals surface area contributed by atoms with Gasteiger partial charge < -0.3 is 0 Å². The van der Waals surface area contributed by atoms with E-state index in [1.165, 1.54) is 10.7 Å². The van der Waals surface area contributed by atoms with E-state index in [1.54, 1.807) is 6.92 Å². The molecule has 0 N–H and O–H groups in total. The molecule has 1 aromatic heterocycles. The van der Waals surface area contributed by atoms with Gasteiger partial charge in [0.05, 0.1) is 11.5 Å². The second-order valence-corrected chi connectivity index (χ2v) is 3.43. The van der Waals surface area contributed by atoms with E-state index in [1.807, 2.05) is 0 Å². The molecule has 0 aliphatic heterocycles. The number of hydrogen-bond donors (Lipinski definition) is 0. The highest BCUT2D eigenvalue weighted by molar-refractivity contribution is 5.35. The largest absolute Gasteiger partial charge is 0.304 e. The van der Waals surface area contributed by atoms with Crippen LogP contribution in [0.4, 0.5) is 10.1 Å².